The molecule has 138 valence electrons. The van der Waals surface area contributed by atoms with Gasteiger partial charge < -0.3 is 14.3 Å². The maximum atomic E-state index is 5.81. The molecule has 0 aliphatic carbocycles. The summed E-state index contributed by atoms with van der Waals surface area (Å²) in [5.74, 6) is 1.00. The summed E-state index contributed by atoms with van der Waals surface area (Å²) in [6.45, 7) is 3.32. The fraction of sp³-hybridized carbons (Fsp3) is 0.474. The fourth-order valence-corrected chi connectivity index (χ4v) is 4.09. The van der Waals surface area contributed by atoms with E-state index < -0.39 is 0 Å². The highest BCUT2D eigenvalue weighted by Crippen LogP contribution is 2.21. The minimum atomic E-state index is 0.287. The summed E-state index contributed by atoms with van der Waals surface area (Å²) in [6.07, 6.45) is 4.61. The first-order valence-electron chi connectivity index (χ1n) is 9.06. The zero-order chi connectivity index (χ0) is 17.9. The molecular formula is C19H25N5OS. The van der Waals surface area contributed by atoms with E-state index in [1.807, 2.05) is 6.26 Å². The molecular weight excluding hydrogens is 346 g/mol. The van der Waals surface area contributed by atoms with Crippen molar-refractivity contribution in [1.29, 1.82) is 0 Å². The highest BCUT2D eigenvalue weighted by molar-refractivity contribution is 7.98. The van der Waals surface area contributed by atoms with Crippen molar-refractivity contribution >= 4 is 22.7 Å². The Hall–Kier alpha value is -1.83. The van der Waals surface area contributed by atoms with E-state index in [-0.39, 0.29) is 6.10 Å². The number of thioether (sulfide) groups is 1. The van der Waals surface area contributed by atoms with Gasteiger partial charge in [-0.3, -0.25) is 4.90 Å². The molecule has 2 aromatic heterocycles. The molecule has 0 amide bonds. The van der Waals surface area contributed by atoms with Gasteiger partial charge in [0.25, 0.3) is 0 Å². The van der Waals surface area contributed by atoms with Gasteiger partial charge in [0.05, 0.1) is 19.2 Å². The third-order valence-corrected chi connectivity index (χ3v) is 5.49. The Bertz CT molecular complexity index is 835. The highest BCUT2D eigenvalue weighted by Gasteiger charge is 2.21. The lowest BCUT2D eigenvalue weighted by molar-refractivity contribution is 0.0934. The van der Waals surface area contributed by atoms with Gasteiger partial charge in [0.2, 0.25) is 0 Å². The van der Waals surface area contributed by atoms with E-state index in [1.54, 1.807) is 11.8 Å². The van der Waals surface area contributed by atoms with Crippen molar-refractivity contribution in [3.63, 3.8) is 0 Å². The number of aromatic nitrogens is 4. The number of fused-ring (bicyclic) bond motifs is 1. The van der Waals surface area contributed by atoms with Gasteiger partial charge in [-0.15, -0.1) is 10.2 Å². The Morgan fingerprint density at radius 2 is 2.19 bits per heavy atom. The number of ether oxygens (including phenoxy) is 1. The molecule has 1 aliphatic heterocycles. The number of aromatic amines is 1. The minimum Gasteiger partial charge on any atom is -0.376 e. The average Bonchev–Trinajstić information content (AvgIpc) is 3.35. The molecule has 1 aliphatic rings. The first-order valence-corrected chi connectivity index (χ1v) is 10.3. The zero-order valence-corrected chi connectivity index (χ0v) is 16.1. The number of benzene rings is 1. The number of nitrogens with zero attached hydrogens (tertiary/aromatic N) is 4. The second-order valence-corrected chi connectivity index (χ2v) is 7.68. The molecule has 0 spiro atoms. The normalized spacial score (nSPS) is 17.6. The summed E-state index contributed by atoms with van der Waals surface area (Å²) in [6, 6.07) is 10.6. The number of nitrogens with one attached hydrogen (secondary N) is 1. The van der Waals surface area contributed by atoms with Crippen LogP contribution in [0.4, 0.5) is 0 Å². The van der Waals surface area contributed by atoms with E-state index in [0.717, 1.165) is 50.1 Å². The monoisotopic (exact) mass is 371 g/mol. The van der Waals surface area contributed by atoms with Crippen LogP contribution in [0, 0.1) is 0 Å². The molecule has 0 bridgehead atoms. The molecule has 7 heteroatoms. The molecule has 0 saturated carbocycles. The van der Waals surface area contributed by atoms with Gasteiger partial charge in [0.1, 0.15) is 5.82 Å². The molecule has 1 fully saturated rings. The summed E-state index contributed by atoms with van der Waals surface area (Å²) >= 11 is 1.64. The Labute approximate surface area is 157 Å². The molecule has 1 N–H and O–H groups in total. The Kier molecular flexibility index (Phi) is 5.28. The maximum absolute atomic E-state index is 5.81. The second-order valence-electron chi connectivity index (χ2n) is 6.90. The maximum Gasteiger partial charge on any atom is 0.191 e. The lowest BCUT2D eigenvalue weighted by Crippen LogP contribution is -2.23. The molecule has 4 rings (SSSR count). The van der Waals surface area contributed by atoms with Crippen LogP contribution in [-0.4, -0.2) is 50.7 Å². The second kappa shape index (κ2) is 7.82. The number of rotatable bonds is 7. The van der Waals surface area contributed by atoms with Crippen molar-refractivity contribution in [3.8, 4) is 0 Å². The summed E-state index contributed by atoms with van der Waals surface area (Å²) in [4.78, 5) is 5.76. The Balaban J connectivity index is 1.46. The number of H-pyrrole nitrogens is 1. The molecule has 3 aromatic rings. The van der Waals surface area contributed by atoms with Crippen molar-refractivity contribution in [2.45, 2.75) is 43.7 Å². The molecule has 6 nitrogen and oxygen atoms in total. The predicted octanol–water partition coefficient (Wildman–Crippen LogP) is 3.29. The molecule has 1 saturated heterocycles. The van der Waals surface area contributed by atoms with Crippen LogP contribution < -0.4 is 0 Å². The van der Waals surface area contributed by atoms with E-state index in [4.69, 9.17) is 4.74 Å². The van der Waals surface area contributed by atoms with Crippen molar-refractivity contribution in [1.82, 2.24) is 24.6 Å². The molecule has 1 atom stereocenters. The summed E-state index contributed by atoms with van der Waals surface area (Å²) in [5.41, 5.74) is 2.39. The van der Waals surface area contributed by atoms with Gasteiger partial charge in [0.15, 0.2) is 5.16 Å². The van der Waals surface area contributed by atoms with Crippen LogP contribution in [0.5, 0.6) is 0 Å². The van der Waals surface area contributed by atoms with Crippen LogP contribution >= 0.6 is 11.8 Å². The summed E-state index contributed by atoms with van der Waals surface area (Å²) in [7, 11) is 2.12. The van der Waals surface area contributed by atoms with Gasteiger partial charge in [-0.2, -0.15) is 0 Å². The van der Waals surface area contributed by atoms with E-state index in [1.165, 1.54) is 16.6 Å². The van der Waals surface area contributed by atoms with Crippen molar-refractivity contribution in [2.24, 2.45) is 0 Å². The van der Waals surface area contributed by atoms with E-state index in [2.05, 4.69) is 62.0 Å². The van der Waals surface area contributed by atoms with Crippen LogP contribution in [0.3, 0.4) is 0 Å². The van der Waals surface area contributed by atoms with Gasteiger partial charge in [-0.1, -0.05) is 30.0 Å². The quantitative estimate of drug-likeness (QED) is 0.646. The van der Waals surface area contributed by atoms with Gasteiger partial charge in [0, 0.05) is 24.4 Å². The number of para-hydroxylation sites is 1. The van der Waals surface area contributed by atoms with Gasteiger partial charge in [-0.25, -0.2) is 0 Å². The lowest BCUT2D eigenvalue weighted by Gasteiger charge is -2.18. The Morgan fingerprint density at radius 3 is 2.96 bits per heavy atom. The highest BCUT2D eigenvalue weighted by atomic mass is 32.2. The smallest absolute Gasteiger partial charge is 0.191 e. The van der Waals surface area contributed by atoms with E-state index in [0.29, 0.717) is 0 Å². The Morgan fingerprint density at radius 1 is 1.31 bits per heavy atom. The third-order valence-electron chi connectivity index (χ3n) is 4.82. The standard InChI is InChI=1S/C19H25N5OS/c1-23(11-15-10-14-6-3-4-8-17(14)20-15)13-18-21-22-19(26-2)24(18)12-16-7-5-9-25-16/h3-4,6,8,10,16,20H,5,7,9,11-13H2,1-2H3. The predicted molar refractivity (Wildman–Crippen MR) is 104 cm³/mol. The molecule has 1 aromatic carbocycles. The molecule has 3 heterocycles. The SMILES string of the molecule is CSc1nnc(CN(C)Cc2cc3ccccc3[nH]2)n1CC1CCCO1. The van der Waals surface area contributed by atoms with Crippen LogP contribution in [0.25, 0.3) is 10.9 Å². The van der Waals surface area contributed by atoms with Gasteiger partial charge >= 0.3 is 0 Å². The van der Waals surface area contributed by atoms with E-state index >= 15 is 0 Å². The third kappa shape index (κ3) is 3.79. The molecule has 0 radical (unpaired) electrons. The summed E-state index contributed by atoms with van der Waals surface area (Å²) in [5, 5.41) is 11.0. The van der Waals surface area contributed by atoms with Crippen LogP contribution in [0.2, 0.25) is 0 Å². The van der Waals surface area contributed by atoms with Gasteiger partial charge in [-0.05, 0) is 43.7 Å². The fourth-order valence-electron chi connectivity index (χ4n) is 3.57. The first-order chi connectivity index (χ1) is 12.7. The largest absolute Gasteiger partial charge is 0.376 e. The topological polar surface area (TPSA) is 59.0 Å². The lowest BCUT2D eigenvalue weighted by atomic mass is 10.2. The van der Waals surface area contributed by atoms with E-state index in [9.17, 15) is 0 Å². The first kappa shape index (κ1) is 17.6. The van der Waals surface area contributed by atoms with Crippen LogP contribution in [-0.2, 0) is 24.4 Å². The average molecular weight is 372 g/mol. The zero-order valence-electron chi connectivity index (χ0n) is 15.3. The molecule has 26 heavy (non-hydrogen) atoms. The summed E-state index contributed by atoms with van der Waals surface area (Å²) < 4.78 is 8.04. The number of hydrogen-bond donors (Lipinski definition) is 1. The van der Waals surface area contributed by atoms with Crippen molar-refractivity contribution < 1.29 is 4.74 Å². The van der Waals surface area contributed by atoms with Crippen LogP contribution in [0.1, 0.15) is 24.4 Å². The minimum absolute atomic E-state index is 0.287. The molecule has 1 unspecified atom stereocenters. The van der Waals surface area contributed by atoms with Crippen LogP contribution in [0.15, 0.2) is 35.5 Å². The van der Waals surface area contributed by atoms with Crippen molar-refractivity contribution in [3.05, 3.63) is 41.9 Å². The number of hydrogen-bond acceptors (Lipinski definition) is 5. The van der Waals surface area contributed by atoms with Crippen molar-refractivity contribution in [2.75, 3.05) is 19.9 Å².